The van der Waals surface area contributed by atoms with Crippen molar-refractivity contribution in [3.8, 4) is 17.1 Å². The quantitative estimate of drug-likeness (QED) is 0.356. The molecule has 34 heavy (non-hydrogen) atoms. The summed E-state index contributed by atoms with van der Waals surface area (Å²) in [6.07, 6.45) is 4.56. The highest BCUT2D eigenvalue weighted by atomic mass is 19.1. The number of anilines is 2. The predicted octanol–water partition coefficient (Wildman–Crippen LogP) is 2.53. The fraction of sp³-hybridized carbons (Fsp3) is 0.227. The molecule has 0 unspecified atom stereocenters. The van der Waals surface area contributed by atoms with Crippen LogP contribution in [-0.4, -0.2) is 49.5 Å². The summed E-state index contributed by atoms with van der Waals surface area (Å²) in [5, 5.41) is 19.4. The number of methoxy groups -OCH3 is 1. The van der Waals surface area contributed by atoms with E-state index in [-0.39, 0.29) is 11.6 Å². The van der Waals surface area contributed by atoms with Gasteiger partial charge in [0.2, 0.25) is 5.95 Å². The minimum Gasteiger partial charge on any atom is -0.494 e. The summed E-state index contributed by atoms with van der Waals surface area (Å²) in [7, 11) is 3.13. The van der Waals surface area contributed by atoms with Gasteiger partial charge in [0.1, 0.15) is 23.5 Å². The molecule has 3 aromatic heterocycles. The normalized spacial score (nSPS) is 11.8. The molecule has 0 aliphatic heterocycles. The van der Waals surface area contributed by atoms with Crippen LogP contribution in [0.4, 0.5) is 16.2 Å². The van der Waals surface area contributed by atoms with Crippen molar-refractivity contribution < 1.29 is 23.4 Å². The molecule has 3 N–H and O–H groups in total. The van der Waals surface area contributed by atoms with E-state index in [1.807, 2.05) is 0 Å². The molecular formula is C22H22FN7O4. The van der Waals surface area contributed by atoms with E-state index >= 15 is 0 Å². The Labute approximate surface area is 193 Å². The Hall–Kier alpha value is -4.32. The number of carbonyl (C=O) groups is 1. The number of amides is 1. The highest BCUT2D eigenvalue weighted by Crippen LogP contribution is 2.24. The Balaban J connectivity index is 1.52. The van der Waals surface area contributed by atoms with Crippen molar-refractivity contribution in [2.45, 2.75) is 13.0 Å². The van der Waals surface area contributed by atoms with Crippen molar-refractivity contribution in [2.24, 2.45) is 7.05 Å². The maximum absolute atomic E-state index is 14.0. The number of oxazole rings is 1. The Morgan fingerprint density at radius 1 is 1.32 bits per heavy atom. The summed E-state index contributed by atoms with van der Waals surface area (Å²) >= 11 is 0. The van der Waals surface area contributed by atoms with Crippen molar-refractivity contribution in [1.82, 2.24) is 30.0 Å². The third kappa shape index (κ3) is 4.71. The summed E-state index contributed by atoms with van der Waals surface area (Å²) < 4.78 is 25.9. The number of aromatic nitrogens is 5. The lowest BCUT2D eigenvalue weighted by Crippen LogP contribution is -2.31. The van der Waals surface area contributed by atoms with Crippen molar-refractivity contribution >= 4 is 17.7 Å². The van der Waals surface area contributed by atoms with Crippen LogP contribution in [-0.2, 0) is 7.05 Å². The highest BCUT2D eigenvalue weighted by Gasteiger charge is 2.21. The first kappa shape index (κ1) is 22.9. The molecule has 0 aliphatic carbocycles. The summed E-state index contributed by atoms with van der Waals surface area (Å²) in [6, 6.07) is 5.04. The lowest BCUT2D eigenvalue weighted by atomic mass is 10.1. The molecule has 4 aromatic rings. The van der Waals surface area contributed by atoms with Crippen LogP contribution in [0.1, 0.15) is 27.9 Å². The zero-order valence-electron chi connectivity index (χ0n) is 18.6. The maximum Gasteiger partial charge on any atom is 0.307 e. The molecule has 1 aromatic carbocycles. The van der Waals surface area contributed by atoms with Gasteiger partial charge in [0.05, 0.1) is 26.0 Å². The van der Waals surface area contributed by atoms with Gasteiger partial charge in [0, 0.05) is 19.3 Å². The first-order chi connectivity index (χ1) is 16.4. The van der Waals surface area contributed by atoms with Gasteiger partial charge in [0.25, 0.3) is 5.89 Å². The van der Waals surface area contributed by atoms with Crippen molar-refractivity contribution in [3.05, 3.63) is 65.8 Å². The molecule has 1 atom stereocenters. The van der Waals surface area contributed by atoms with E-state index < -0.39 is 24.4 Å². The van der Waals surface area contributed by atoms with Gasteiger partial charge >= 0.3 is 5.91 Å². The second-order valence-electron chi connectivity index (χ2n) is 7.33. The van der Waals surface area contributed by atoms with E-state index in [9.17, 15) is 14.3 Å². The molecule has 0 fully saturated rings. The van der Waals surface area contributed by atoms with E-state index in [2.05, 4.69) is 30.7 Å². The number of nitrogens with one attached hydrogen (secondary N) is 2. The molecule has 1 amide bonds. The SMILES string of the molecule is COc1ccc([C@@H](CO)NC(=O)c2nc(-c3nc(Nc4ccnn4C)ncc3C)co2)cc1F. The number of hydrogen-bond donors (Lipinski definition) is 3. The van der Waals surface area contributed by atoms with Crippen molar-refractivity contribution in [1.29, 1.82) is 0 Å². The molecule has 11 nitrogen and oxygen atoms in total. The number of hydrogen-bond acceptors (Lipinski definition) is 9. The highest BCUT2D eigenvalue weighted by molar-refractivity contribution is 5.90. The molecule has 3 heterocycles. The fourth-order valence-electron chi connectivity index (χ4n) is 3.21. The predicted molar refractivity (Wildman–Crippen MR) is 119 cm³/mol. The third-order valence-electron chi connectivity index (χ3n) is 5.04. The molecular weight excluding hydrogens is 445 g/mol. The monoisotopic (exact) mass is 467 g/mol. The van der Waals surface area contributed by atoms with E-state index in [1.54, 1.807) is 43.2 Å². The number of ether oxygens (including phenoxy) is 1. The van der Waals surface area contributed by atoms with Gasteiger partial charge in [-0.25, -0.2) is 19.3 Å². The van der Waals surface area contributed by atoms with Gasteiger partial charge in [-0.3, -0.25) is 9.48 Å². The minimum atomic E-state index is -0.876. The minimum absolute atomic E-state index is 0.0570. The zero-order valence-corrected chi connectivity index (χ0v) is 18.6. The molecule has 4 rings (SSSR count). The maximum atomic E-state index is 14.0. The van der Waals surface area contributed by atoms with Gasteiger partial charge < -0.3 is 24.9 Å². The van der Waals surface area contributed by atoms with Gasteiger partial charge in [-0.15, -0.1) is 0 Å². The van der Waals surface area contributed by atoms with Gasteiger partial charge in [0.15, 0.2) is 11.6 Å². The van der Waals surface area contributed by atoms with E-state index in [0.717, 1.165) is 5.56 Å². The number of carbonyl (C=O) groups excluding carboxylic acids is 1. The summed E-state index contributed by atoms with van der Waals surface area (Å²) in [4.78, 5) is 25.7. The number of benzene rings is 1. The van der Waals surface area contributed by atoms with Crippen molar-refractivity contribution in [3.63, 3.8) is 0 Å². The second kappa shape index (κ2) is 9.67. The topological polar surface area (TPSA) is 140 Å². The molecule has 176 valence electrons. The van der Waals surface area contributed by atoms with Crippen LogP contribution in [0.2, 0.25) is 0 Å². The van der Waals surface area contributed by atoms with Gasteiger partial charge in [-0.05, 0) is 30.2 Å². The van der Waals surface area contributed by atoms with Crippen LogP contribution < -0.4 is 15.4 Å². The molecule has 0 radical (unpaired) electrons. The molecule has 0 saturated carbocycles. The second-order valence-corrected chi connectivity index (χ2v) is 7.33. The zero-order chi connectivity index (χ0) is 24.2. The first-order valence-electron chi connectivity index (χ1n) is 10.2. The Morgan fingerprint density at radius 2 is 2.15 bits per heavy atom. The van der Waals surface area contributed by atoms with E-state index in [1.165, 1.54) is 25.5 Å². The summed E-state index contributed by atoms with van der Waals surface area (Å²) in [6.45, 7) is 1.34. The standard InChI is InChI=1S/C22H22FN7O4/c1-12-9-24-22(28-18-6-7-25-30(18)2)29-19(12)16-11-34-21(27-16)20(32)26-15(10-31)13-4-5-17(33-3)14(23)8-13/h4-9,11,15,31H,10H2,1-3H3,(H,26,32)(H,24,28,29)/t15-/m1/s1. The van der Waals surface area contributed by atoms with Crippen LogP contribution >= 0.6 is 0 Å². The van der Waals surface area contributed by atoms with Crippen molar-refractivity contribution in [2.75, 3.05) is 19.0 Å². The number of aliphatic hydroxyl groups is 1. The first-order valence-corrected chi connectivity index (χ1v) is 10.2. The fourth-order valence-corrected chi connectivity index (χ4v) is 3.21. The lowest BCUT2D eigenvalue weighted by molar-refractivity contribution is 0.0881. The number of halogens is 1. The van der Waals surface area contributed by atoms with Crippen LogP contribution in [0.3, 0.4) is 0 Å². The van der Waals surface area contributed by atoms with Crippen LogP contribution in [0.5, 0.6) is 5.75 Å². The molecule has 0 saturated heterocycles. The summed E-state index contributed by atoms with van der Waals surface area (Å²) in [5.41, 5.74) is 1.88. The average Bonchev–Trinajstić information content (AvgIpc) is 3.48. The number of rotatable bonds is 8. The number of nitrogens with zero attached hydrogens (tertiary/aromatic N) is 5. The Morgan fingerprint density at radius 3 is 2.82 bits per heavy atom. The lowest BCUT2D eigenvalue weighted by Gasteiger charge is -2.16. The Kier molecular flexibility index (Phi) is 6.50. The van der Waals surface area contributed by atoms with Crippen LogP contribution in [0, 0.1) is 12.7 Å². The third-order valence-corrected chi connectivity index (χ3v) is 5.04. The number of aliphatic hydroxyl groups excluding tert-OH is 1. The van der Waals surface area contributed by atoms with E-state index in [0.29, 0.717) is 28.7 Å². The molecule has 0 spiro atoms. The Bertz CT molecular complexity index is 1320. The van der Waals surface area contributed by atoms with Gasteiger partial charge in [-0.2, -0.15) is 5.10 Å². The van der Waals surface area contributed by atoms with Crippen LogP contribution in [0.15, 0.2) is 47.3 Å². The number of aryl methyl sites for hydroxylation is 2. The summed E-state index contributed by atoms with van der Waals surface area (Å²) in [5.74, 6) is -0.453. The van der Waals surface area contributed by atoms with E-state index in [4.69, 9.17) is 9.15 Å². The smallest absolute Gasteiger partial charge is 0.307 e. The average molecular weight is 467 g/mol. The van der Waals surface area contributed by atoms with Crippen LogP contribution in [0.25, 0.3) is 11.4 Å². The van der Waals surface area contributed by atoms with Gasteiger partial charge in [-0.1, -0.05) is 6.07 Å². The molecule has 0 aliphatic rings. The molecule has 0 bridgehead atoms. The molecule has 12 heteroatoms. The largest absolute Gasteiger partial charge is 0.494 e.